The number of hydrogen-bond donors (Lipinski definition) is 1. The van der Waals surface area contributed by atoms with Crippen LogP contribution in [0.3, 0.4) is 0 Å². The molecule has 4 rings (SSSR count). The molecular formula is C25H20ClNO. The fraction of sp³-hybridized carbons (Fsp3) is 0.0400. The second kappa shape index (κ2) is 7.79. The van der Waals surface area contributed by atoms with Crippen molar-refractivity contribution in [1.29, 1.82) is 0 Å². The van der Waals surface area contributed by atoms with Crippen LogP contribution in [0, 0.1) is 0 Å². The molecule has 0 aliphatic heterocycles. The minimum Gasteiger partial charge on any atom is -0.494 e. The van der Waals surface area contributed by atoms with Gasteiger partial charge in [-0.25, -0.2) is 0 Å². The van der Waals surface area contributed by atoms with E-state index in [0.717, 1.165) is 33.4 Å². The molecule has 138 valence electrons. The largest absolute Gasteiger partial charge is 0.494 e. The third kappa shape index (κ3) is 3.12. The molecule has 2 N–H and O–H groups in total. The topological polar surface area (TPSA) is 35.2 Å². The number of anilines is 1. The van der Waals surface area contributed by atoms with Crippen LogP contribution < -0.4 is 10.5 Å². The average Bonchev–Trinajstić information content (AvgIpc) is 2.75. The number of ether oxygens (including phenoxy) is 1. The monoisotopic (exact) mass is 385 g/mol. The zero-order chi connectivity index (χ0) is 19.5. The van der Waals surface area contributed by atoms with Crippen molar-refractivity contribution in [2.45, 2.75) is 0 Å². The van der Waals surface area contributed by atoms with E-state index in [1.807, 2.05) is 78.9 Å². The van der Waals surface area contributed by atoms with E-state index in [0.29, 0.717) is 16.5 Å². The fourth-order valence-electron chi connectivity index (χ4n) is 3.57. The summed E-state index contributed by atoms with van der Waals surface area (Å²) in [5.41, 5.74) is 12.7. The summed E-state index contributed by atoms with van der Waals surface area (Å²) in [5.74, 6) is 0.633. The fourth-order valence-corrected chi connectivity index (χ4v) is 3.98. The lowest BCUT2D eigenvalue weighted by Crippen LogP contribution is -2.02. The van der Waals surface area contributed by atoms with Crippen LogP contribution in [0.15, 0.2) is 91.0 Å². The van der Waals surface area contributed by atoms with Gasteiger partial charge in [-0.2, -0.15) is 0 Å². The molecule has 0 radical (unpaired) electrons. The summed E-state index contributed by atoms with van der Waals surface area (Å²) < 4.78 is 5.83. The number of nitrogens with two attached hydrogens (primary N) is 1. The molecule has 28 heavy (non-hydrogen) atoms. The van der Waals surface area contributed by atoms with E-state index >= 15 is 0 Å². The quantitative estimate of drug-likeness (QED) is 0.386. The molecule has 3 heteroatoms. The van der Waals surface area contributed by atoms with Crippen LogP contribution in [0.4, 0.5) is 5.69 Å². The molecule has 0 heterocycles. The van der Waals surface area contributed by atoms with Gasteiger partial charge in [-0.3, -0.25) is 0 Å². The Morgan fingerprint density at radius 3 is 1.43 bits per heavy atom. The van der Waals surface area contributed by atoms with Crippen molar-refractivity contribution >= 4 is 17.3 Å². The number of halogens is 1. The Morgan fingerprint density at radius 1 is 0.607 bits per heavy atom. The Labute approximate surface area is 170 Å². The van der Waals surface area contributed by atoms with Crippen molar-refractivity contribution in [3.63, 3.8) is 0 Å². The first-order chi connectivity index (χ1) is 13.7. The van der Waals surface area contributed by atoms with Crippen LogP contribution in [0.2, 0.25) is 5.02 Å². The van der Waals surface area contributed by atoms with Gasteiger partial charge in [0.05, 0.1) is 17.8 Å². The van der Waals surface area contributed by atoms with Gasteiger partial charge >= 0.3 is 0 Å². The van der Waals surface area contributed by atoms with E-state index in [9.17, 15) is 0 Å². The number of hydrogen-bond acceptors (Lipinski definition) is 2. The Bertz CT molecular complexity index is 1090. The predicted molar refractivity (Wildman–Crippen MR) is 119 cm³/mol. The summed E-state index contributed by atoms with van der Waals surface area (Å²) in [4.78, 5) is 0. The van der Waals surface area contributed by atoms with E-state index in [-0.39, 0.29) is 0 Å². The Kier molecular flexibility index (Phi) is 5.05. The van der Waals surface area contributed by atoms with E-state index in [4.69, 9.17) is 22.1 Å². The summed E-state index contributed by atoms with van der Waals surface area (Å²) in [6.45, 7) is 0. The third-order valence-corrected chi connectivity index (χ3v) is 5.20. The maximum absolute atomic E-state index is 7.03. The summed E-state index contributed by atoms with van der Waals surface area (Å²) in [6.07, 6.45) is 0. The maximum atomic E-state index is 7.03. The summed E-state index contributed by atoms with van der Waals surface area (Å²) in [7, 11) is 1.65. The van der Waals surface area contributed by atoms with Crippen molar-refractivity contribution in [2.24, 2.45) is 0 Å². The molecule has 0 aromatic heterocycles. The molecule has 0 amide bonds. The minimum absolute atomic E-state index is 0.539. The molecule has 0 bridgehead atoms. The smallest absolute Gasteiger partial charge is 0.150 e. The van der Waals surface area contributed by atoms with Crippen molar-refractivity contribution < 1.29 is 4.74 Å². The normalized spacial score (nSPS) is 10.6. The van der Waals surface area contributed by atoms with Crippen molar-refractivity contribution in [3.05, 3.63) is 96.0 Å². The lowest BCUT2D eigenvalue weighted by atomic mass is 9.88. The summed E-state index contributed by atoms with van der Waals surface area (Å²) in [5, 5.41) is 0.620. The van der Waals surface area contributed by atoms with Gasteiger partial charge in [0.25, 0.3) is 0 Å². The molecule has 0 atom stereocenters. The van der Waals surface area contributed by atoms with Crippen LogP contribution in [0.1, 0.15) is 0 Å². The Hall–Kier alpha value is -3.23. The molecule has 4 aromatic rings. The second-order valence-corrected chi connectivity index (χ2v) is 6.86. The van der Waals surface area contributed by atoms with E-state index < -0.39 is 0 Å². The van der Waals surface area contributed by atoms with Crippen LogP contribution in [-0.2, 0) is 0 Å². The maximum Gasteiger partial charge on any atom is 0.150 e. The first-order valence-electron chi connectivity index (χ1n) is 9.07. The van der Waals surface area contributed by atoms with Gasteiger partial charge in [0.1, 0.15) is 0 Å². The van der Waals surface area contributed by atoms with Gasteiger partial charge in [0, 0.05) is 16.7 Å². The highest BCUT2D eigenvalue weighted by atomic mass is 35.5. The molecule has 0 saturated heterocycles. The molecular weight excluding hydrogens is 366 g/mol. The molecule has 0 spiro atoms. The predicted octanol–water partition coefficient (Wildman–Crippen LogP) is 6.93. The van der Waals surface area contributed by atoms with E-state index in [1.54, 1.807) is 7.11 Å². The highest BCUT2D eigenvalue weighted by Crippen LogP contribution is 2.52. The van der Waals surface area contributed by atoms with E-state index in [2.05, 4.69) is 12.1 Å². The molecule has 0 aliphatic rings. The lowest BCUT2D eigenvalue weighted by Gasteiger charge is -2.22. The minimum atomic E-state index is 0.539. The van der Waals surface area contributed by atoms with Crippen LogP contribution in [0.25, 0.3) is 33.4 Å². The molecule has 0 saturated carbocycles. The molecule has 0 fully saturated rings. The number of rotatable bonds is 4. The van der Waals surface area contributed by atoms with Crippen LogP contribution >= 0.6 is 11.6 Å². The Morgan fingerprint density at radius 2 is 1.00 bits per heavy atom. The van der Waals surface area contributed by atoms with E-state index in [1.165, 1.54) is 0 Å². The Balaban J connectivity index is 2.15. The molecule has 0 unspecified atom stereocenters. The van der Waals surface area contributed by atoms with Gasteiger partial charge < -0.3 is 10.5 Å². The zero-order valence-electron chi connectivity index (χ0n) is 15.5. The van der Waals surface area contributed by atoms with Gasteiger partial charge in [-0.05, 0) is 16.7 Å². The summed E-state index contributed by atoms with van der Waals surface area (Å²) >= 11 is 7.03. The first kappa shape index (κ1) is 18.1. The van der Waals surface area contributed by atoms with Crippen molar-refractivity contribution in [2.75, 3.05) is 12.8 Å². The standard InChI is InChI=1S/C25H20ClNO/c1-28-25-21(18-13-7-3-8-14-18)20(17-11-5-2-6-12-17)23(26)22(24(25)27)19-15-9-4-10-16-19/h2-16H,27H2,1H3. The molecule has 0 aliphatic carbocycles. The molecule has 4 aromatic carbocycles. The number of nitrogen functional groups attached to an aromatic ring is 1. The summed E-state index contributed by atoms with van der Waals surface area (Å²) in [6, 6.07) is 30.1. The number of methoxy groups -OCH3 is 1. The van der Waals surface area contributed by atoms with Gasteiger partial charge in [-0.1, -0.05) is 103 Å². The molecule has 2 nitrogen and oxygen atoms in total. The SMILES string of the molecule is COc1c(N)c(-c2ccccc2)c(Cl)c(-c2ccccc2)c1-c1ccccc1. The highest BCUT2D eigenvalue weighted by molar-refractivity contribution is 6.38. The zero-order valence-corrected chi connectivity index (χ0v) is 16.3. The average molecular weight is 386 g/mol. The van der Waals surface area contributed by atoms with Crippen molar-refractivity contribution in [3.8, 4) is 39.1 Å². The van der Waals surface area contributed by atoms with Gasteiger partial charge in [-0.15, -0.1) is 0 Å². The van der Waals surface area contributed by atoms with Crippen molar-refractivity contribution in [1.82, 2.24) is 0 Å². The first-order valence-corrected chi connectivity index (χ1v) is 9.45. The van der Waals surface area contributed by atoms with Crippen LogP contribution in [-0.4, -0.2) is 7.11 Å². The lowest BCUT2D eigenvalue weighted by molar-refractivity contribution is 0.419. The third-order valence-electron chi connectivity index (χ3n) is 4.82. The second-order valence-electron chi connectivity index (χ2n) is 6.48. The number of benzene rings is 4. The van der Waals surface area contributed by atoms with Crippen LogP contribution in [0.5, 0.6) is 5.75 Å². The highest BCUT2D eigenvalue weighted by Gasteiger charge is 2.25. The van der Waals surface area contributed by atoms with Gasteiger partial charge in [0.15, 0.2) is 5.75 Å². The van der Waals surface area contributed by atoms with Gasteiger partial charge in [0.2, 0.25) is 0 Å².